The lowest BCUT2D eigenvalue weighted by Gasteiger charge is -2.03. The number of carbonyl (C=O) groups excluding carboxylic acids is 1. The molecule has 2 aromatic rings. The van der Waals surface area contributed by atoms with Crippen molar-refractivity contribution in [2.24, 2.45) is 0 Å². The van der Waals surface area contributed by atoms with Crippen molar-refractivity contribution in [3.63, 3.8) is 0 Å². The molecule has 4 heteroatoms. The van der Waals surface area contributed by atoms with Gasteiger partial charge < -0.3 is 9.26 Å². The van der Waals surface area contributed by atoms with Gasteiger partial charge in [-0.25, -0.2) is 0 Å². The lowest BCUT2D eigenvalue weighted by Crippen LogP contribution is -1.95. The lowest BCUT2D eigenvalue weighted by atomic mass is 10.1. The first-order valence-electron chi connectivity index (χ1n) is 5.74. The first-order chi connectivity index (χ1) is 8.70. The monoisotopic (exact) mass is 245 g/mol. The van der Waals surface area contributed by atoms with E-state index < -0.39 is 0 Å². The predicted octanol–water partition coefficient (Wildman–Crippen LogP) is 2.82. The maximum atomic E-state index is 10.6. The van der Waals surface area contributed by atoms with Crippen molar-refractivity contribution >= 4 is 6.29 Å². The molecule has 1 heterocycles. The van der Waals surface area contributed by atoms with Gasteiger partial charge in [-0.15, -0.1) is 0 Å². The number of hydrogen-bond acceptors (Lipinski definition) is 4. The quantitative estimate of drug-likeness (QED) is 0.760. The van der Waals surface area contributed by atoms with Crippen molar-refractivity contribution in [2.75, 3.05) is 0 Å². The van der Waals surface area contributed by atoms with Crippen molar-refractivity contribution in [2.45, 2.75) is 27.1 Å². The SMILES string of the molecule is Cc1cccc(COCc2onc(C=O)c2C)c1. The predicted molar refractivity (Wildman–Crippen MR) is 66.3 cm³/mol. The lowest BCUT2D eigenvalue weighted by molar-refractivity contribution is 0.0877. The van der Waals surface area contributed by atoms with Crippen LogP contribution in [0.25, 0.3) is 0 Å². The number of hydrogen-bond donors (Lipinski definition) is 0. The van der Waals surface area contributed by atoms with Crippen LogP contribution in [0.4, 0.5) is 0 Å². The summed E-state index contributed by atoms with van der Waals surface area (Å²) in [5.41, 5.74) is 3.40. The maximum Gasteiger partial charge on any atom is 0.172 e. The van der Waals surface area contributed by atoms with Crippen LogP contribution < -0.4 is 0 Å². The molecular formula is C14H15NO3. The Morgan fingerprint density at radius 3 is 2.83 bits per heavy atom. The average Bonchev–Trinajstić information content (AvgIpc) is 2.71. The third-order valence-electron chi connectivity index (χ3n) is 2.75. The Morgan fingerprint density at radius 2 is 2.17 bits per heavy atom. The molecule has 1 aromatic carbocycles. The number of ether oxygens (including phenoxy) is 1. The summed E-state index contributed by atoms with van der Waals surface area (Å²) >= 11 is 0. The van der Waals surface area contributed by atoms with Crippen molar-refractivity contribution in [1.82, 2.24) is 5.16 Å². The fourth-order valence-electron chi connectivity index (χ4n) is 1.69. The van der Waals surface area contributed by atoms with Gasteiger partial charge in [-0.1, -0.05) is 35.0 Å². The normalized spacial score (nSPS) is 10.6. The van der Waals surface area contributed by atoms with E-state index in [2.05, 4.69) is 11.2 Å². The molecule has 0 amide bonds. The van der Waals surface area contributed by atoms with E-state index >= 15 is 0 Å². The Bertz CT molecular complexity index is 546. The summed E-state index contributed by atoms with van der Waals surface area (Å²) < 4.78 is 10.6. The number of aryl methyl sites for hydroxylation is 1. The van der Waals surface area contributed by atoms with E-state index in [4.69, 9.17) is 9.26 Å². The Kier molecular flexibility index (Phi) is 3.89. The second-order valence-corrected chi connectivity index (χ2v) is 4.22. The summed E-state index contributed by atoms with van der Waals surface area (Å²) in [5.74, 6) is 0.602. The van der Waals surface area contributed by atoms with E-state index in [1.54, 1.807) is 6.92 Å². The van der Waals surface area contributed by atoms with Crippen LogP contribution in [0.3, 0.4) is 0 Å². The van der Waals surface area contributed by atoms with Gasteiger partial charge >= 0.3 is 0 Å². The highest BCUT2D eigenvalue weighted by atomic mass is 16.5. The molecule has 0 N–H and O–H groups in total. The van der Waals surface area contributed by atoms with E-state index in [0.29, 0.717) is 31.0 Å². The summed E-state index contributed by atoms with van der Waals surface area (Å²) in [6.45, 7) is 4.67. The third-order valence-corrected chi connectivity index (χ3v) is 2.75. The number of rotatable bonds is 5. The molecule has 94 valence electrons. The van der Waals surface area contributed by atoms with Crippen LogP contribution in [-0.2, 0) is 18.0 Å². The molecule has 0 unspecified atom stereocenters. The van der Waals surface area contributed by atoms with E-state index in [1.165, 1.54) is 5.56 Å². The molecule has 18 heavy (non-hydrogen) atoms. The van der Waals surface area contributed by atoms with Gasteiger partial charge in [0.2, 0.25) is 0 Å². The molecule has 2 rings (SSSR count). The molecule has 0 aliphatic carbocycles. The second-order valence-electron chi connectivity index (χ2n) is 4.22. The van der Waals surface area contributed by atoms with Crippen LogP contribution >= 0.6 is 0 Å². The third kappa shape index (κ3) is 2.84. The topological polar surface area (TPSA) is 52.3 Å². The number of carbonyl (C=O) groups is 1. The molecule has 0 fully saturated rings. The highest BCUT2D eigenvalue weighted by Gasteiger charge is 2.10. The zero-order chi connectivity index (χ0) is 13.0. The van der Waals surface area contributed by atoms with E-state index in [9.17, 15) is 4.79 Å². The summed E-state index contributed by atoms with van der Waals surface area (Å²) in [7, 11) is 0. The molecule has 0 radical (unpaired) electrons. The van der Waals surface area contributed by atoms with E-state index in [0.717, 1.165) is 11.1 Å². The van der Waals surface area contributed by atoms with Crippen molar-refractivity contribution < 1.29 is 14.1 Å². The number of benzene rings is 1. The van der Waals surface area contributed by atoms with Gasteiger partial charge in [0.05, 0.1) is 6.61 Å². The van der Waals surface area contributed by atoms with Crippen molar-refractivity contribution in [3.8, 4) is 0 Å². The second kappa shape index (κ2) is 5.60. The van der Waals surface area contributed by atoms with Crippen LogP contribution in [0.5, 0.6) is 0 Å². The molecule has 0 bridgehead atoms. The molecule has 0 aliphatic rings. The molecule has 0 spiro atoms. The van der Waals surface area contributed by atoms with Gasteiger partial charge in [-0.2, -0.15) is 0 Å². The van der Waals surface area contributed by atoms with Gasteiger partial charge in [0, 0.05) is 5.56 Å². The first-order valence-corrected chi connectivity index (χ1v) is 5.74. The number of aldehydes is 1. The van der Waals surface area contributed by atoms with Crippen LogP contribution in [0.15, 0.2) is 28.8 Å². The minimum Gasteiger partial charge on any atom is -0.369 e. The largest absolute Gasteiger partial charge is 0.369 e. The van der Waals surface area contributed by atoms with Crippen LogP contribution in [-0.4, -0.2) is 11.4 Å². The fourth-order valence-corrected chi connectivity index (χ4v) is 1.69. The highest BCUT2D eigenvalue weighted by Crippen LogP contribution is 2.13. The molecule has 1 aromatic heterocycles. The van der Waals surface area contributed by atoms with E-state index in [1.807, 2.05) is 25.1 Å². The molecule has 0 aliphatic heterocycles. The molecule has 4 nitrogen and oxygen atoms in total. The minimum absolute atomic E-state index is 0.320. The van der Waals surface area contributed by atoms with Crippen LogP contribution in [0, 0.1) is 13.8 Å². The number of aromatic nitrogens is 1. The molecule has 0 atom stereocenters. The van der Waals surface area contributed by atoms with Crippen LogP contribution in [0.2, 0.25) is 0 Å². The van der Waals surface area contributed by atoms with Gasteiger partial charge in [0.25, 0.3) is 0 Å². The standard InChI is InChI=1S/C14H15NO3/c1-10-4-3-5-12(6-10)8-17-9-14-11(2)13(7-16)15-18-14/h3-7H,8-9H2,1-2H3. The smallest absolute Gasteiger partial charge is 0.172 e. The van der Waals surface area contributed by atoms with E-state index in [-0.39, 0.29) is 0 Å². The first kappa shape index (κ1) is 12.5. The Hall–Kier alpha value is -1.94. The highest BCUT2D eigenvalue weighted by molar-refractivity contribution is 5.73. The summed E-state index contributed by atoms with van der Waals surface area (Å²) in [6.07, 6.45) is 0.683. The number of nitrogens with zero attached hydrogens (tertiary/aromatic N) is 1. The Morgan fingerprint density at radius 1 is 1.33 bits per heavy atom. The zero-order valence-corrected chi connectivity index (χ0v) is 10.5. The van der Waals surface area contributed by atoms with Crippen LogP contribution in [0.1, 0.15) is 32.9 Å². The summed E-state index contributed by atoms with van der Waals surface area (Å²) in [5, 5.41) is 3.65. The van der Waals surface area contributed by atoms with Gasteiger partial charge in [-0.3, -0.25) is 4.79 Å². The summed E-state index contributed by atoms with van der Waals surface area (Å²) in [6, 6.07) is 8.12. The van der Waals surface area contributed by atoms with Crippen molar-refractivity contribution in [1.29, 1.82) is 0 Å². The minimum atomic E-state index is 0.320. The average molecular weight is 245 g/mol. The Balaban J connectivity index is 1.92. The van der Waals surface area contributed by atoms with Gasteiger partial charge in [0.15, 0.2) is 12.0 Å². The maximum absolute atomic E-state index is 10.6. The molecule has 0 saturated carbocycles. The molecular weight excluding hydrogens is 230 g/mol. The Labute approximate surface area is 106 Å². The van der Waals surface area contributed by atoms with Gasteiger partial charge in [-0.05, 0) is 19.4 Å². The van der Waals surface area contributed by atoms with Crippen molar-refractivity contribution in [3.05, 3.63) is 52.4 Å². The fraction of sp³-hybridized carbons (Fsp3) is 0.286. The molecule has 0 saturated heterocycles. The summed E-state index contributed by atoms with van der Waals surface area (Å²) in [4.78, 5) is 10.6. The van der Waals surface area contributed by atoms with Gasteiger partial charge in [0.1, 0.15) is 12.3 Å². The zero-order valence-electron chi connectivity index (χ0n) is 10.5.